The van der Waals surface area contributed by atoms with Gasteiger partial charge in [-0.25, -0.2) is 0 Å². The maximum atomic E-state index is 12.5. The summed E-state index contributed by atoms with van der Waals surface area (Å²) in [5, 5.41) is 3.35. The lowest BCUT2D eigenvalue weighted by molar-refractivity contribution is -0.137. The third-order valence-electron chi connectivity index (χ3n) is 6.47. The average molecular weight is 276 g/mol. The lowest BCUT2D eigenvalue weighted by atomic mass is 9.49. The maximum Gasteiger partial charge on any atom is 0.239 e. The van der Waals surface area contributed by atoms with E-state index in [0.29, 0.717) is 11.3 Å². The summed E-state index contributed by atoms with van der Waals surface area (Å²) in [6.07, 6.45) is 10.8. The standard InChI is InChI=1S/C17H28N2O/c1-19(16(20)15-3-2-4-18-15)11-17-8-12-5-13(9-17)7-14(6-12)10-17/h12-15,18H,2-11H2,1H3/t12?,13?,14?,15-,17?/m1/s1. The van der Waals surface area contributed by atoms with Crippen molar-refractivity contribution in [2.75, 3.05) is 20.1 Å². The molecule has 5 rings (SSSR count). The molecular formula is C17H28N2O. The van der Waals surface area contributed by atoms with Gasteiger partial charge in [-0.05, 0) is 81.1 Å². The summed E-state index contributed by atoms with van der Waals surface area (Å²) in [5.41, 5.74) is 0.484. The Labute approximate surface area is 122 Å². The van der Waals surface area contributed by atoms with E-state index in [1.807, 2.05) is 7.05 Å². The Morgan fingerprint density at radius 3 is 2.25 bits per heavy atom. The fraction of sp³-hybridized carbons (Fsp3) is 0.941. The predicted octanol–water partition coefficient (Wildman–Crippen LogP) is 2.41. The maximum absolute atomic E-state index is 12.5. The van der Waals surface area contributed by atoms with Gasteiger partial charge in [0, 0.05) is 13.6 Å². The summed E-state index contributed by atoms with van der Waals surface area (Å²) >= 11 is 0. The summed E-state index contributed by atoms with van der Waals surface area (Å²) < 4.78 is 0. The molecule has 3 heteroatoms. The molecule has 1 heterocycles. The number of hydrogen-bond donors (Lipinski definition) is 1. The number of rotatable bonds is 3. The van der Waals surface area contributed by atoms with E-state index in [-0.39, 0.29) is 6.04 Å². The fourth-order valence-electron chi connectivity index (χ4n) is 6.23. The second kappa shape index (κ2) is 4.72. The van der Waals surface area contributed by atoms with Crippen molar-refractivity contribution in [1.82, 2.24) is 10.2 Å². The molecule has 1 amide bonds. The topological polar surface area (TPSA) is 32.3 Å². The molecule has 1 atom stereocenters. The number of carbonyl (C=O) groups excluding carboxylic acids is 1. The van der Waals surface area contributed by atoms with Gasteiger partial charge in [0.15, 0.2) is 0 Å². The van der Waals surface area contributed by atoms with Gasteiger partial charge >= 0.3 is 0 Å². The summed E-state index contributed by atoms with van der Waals surface area (Å²) in [4.78, 5) is 14.6. The van der Waals surface area contributed by atoms with Crippen molar-refractivity contribution < 1.29 is 4.79 Å². The molecule has 1 aliphatic heterocycles. The van der Waals surface area contributed by atoms with E-state index < -0.39 is 0 Å². The molecule has 0 radical (unpaired) electrons. The Morgan fingerprint density at radius 1 is 1.15 bits per heavy atom. The van der Waals surface area contributed by atoms with Gasteiger partial charge in [-0.1, -0.05) is 0 Å². The van der Waals surface area contributed by atoms with Crippen LogP contribution in [0.5, 0.6) is 0 Å². The molecule has 0 unspecified atom stereocenters. The normalized spacial score (nSPS) is 45.9. The van der Waals surface area contributed by atoms with Crippen LogP contribution in [-0.4, -0.2) is 37.0 Å². The highest BCUT2D eigenvalue weighted by molar-refractivity contribution is 5.82. The van der Waals surface area contributed by atoms with Crippen LogP contribution >= 0.6 is 0 Å². The molecule has 3 nitrogen and oxygen atoms in total. The minimum atomic E-state index is 0.105. The molecule has 0 aromatic heterocycles. The quantitative estimate of drug-likeness (QED) is 0.858. The van der Waals surface area contributed by atoms with Crippen molar-refractivity contribution in [3.63, 3.8) is 0 Å². The van der Waals surface area contributed by atoms with Crippen molar-refractivity contribution in [3.05, 3.63) is 0 Å². The molecule has 0 spiro atoms. The Hall–Kier alpha value is -0.570. The van der Waals surface area contributed by atoms with E-state index in [9.17, 15) is 4.79 Å². The van der Waals surface area contributed by atoms with Crippen molar-refractivity contribution in [1.29, 1.82) is 0 Å². The fourth-order valence-corrected chi connectivity index (χ4v) is 6.23. The van der Waals surface area contributed by atoms with E-state index >= 15 is 0 Å². The second-order valence-electron chi connectivity index (χ2n) is 8.26. The number of hydrogen-bond acceptors (Lipinski definition) is 2. The third kappa shape index (κ3) is 2.18. The highest BCUT2D eigenvalue weighted by Crippen LogP contribution is 2.60. The van der Waals surface area contributed by atoms with Gasteiger partial charge in [0.25, 0.3) is 0 Å². The lowest BCUT2D eigenvalue weighted by Crippen LogP contribution is -2.53. The average Bonchev–Trinajstić information content (AvgIpc) is 2.89. The zero-order chi connectivity index (χ0) is 13.7. The van der Waals surface area contributed by atoms with Crippen molar-refractivity contribution in [2.24, 2.45) is 23.2 Å². The van der Waals surface area contributed by atoms with E-state index in [1.54, 1.807) is 0 Å². The number of likely N-dealkylation sites (N-methyl/N-ethyl adjacent to an activating group) is 1. The van der Waals surface area contributed by atoms with Gasteiger partial charge in [-0.2, -0.15) is 0 Å². The van der Waals surface area contributed by atoms with Crippen LogP contribution in [0.15, 0.2) is 0 Å². The zero-order valence-electron chi connectivity index (χ0n) is 12.7. The van der Waals surface area contributed by atoms with Gasteiger partial charge in [-0.3, -0.25) is 4.79 Å². The van der Waals surface area contributed by atoms with Crippen LogP contribution in [-0.2, 0) is 4.79 Å². The first-order chi connectivity index (χ1) is 9.63. The van der Waals surface area contributed by atoms with Crippen LogP contribution in [0.4, 0.5) is 0 Å². The molecule has 4 bridgehead atoms. The molecule has 4 saturated carbocycles. The summed E-state index contributed by atoms with van der Waals surface area (Å²) in [5.74, 6) is 3.29. The number of amides is 1. The summed E-state index contributed by atoms with van der Waals surface area (Å²) in [7, 11) is 2.04. The summed E-state index contributed by atoms with van der Waals surface area (Å²) in [6.45, 7) is 2.04. The van der Waals surface area contributed by atoms with Gasteiger partial charge in [0.05, 0.1) is 6.04 Å². The van der Waals surface area contributed by atoms with E-state index in [0.717, 1.165) is 43.7 Å². The molecule has 112 valence electrons. The first-order valence-electron chi connectivity index (χ1n) is 8.62. The first-order valence-corrected chi connectivity index (χ1v) is 8.62. The SMILES string of the molecule is CN(CC12CC3CC(CC(C3)C1)C2)C(=O)[C@H]1CCCN1. The van der Waals surface area contributed by atoms with Crippen LogP contribution in [0.1, 0.15) is 51.4 Å². The van der Waals surface area contributed by atoms with Crippen molar-refractivity contribution >= 4 is 5.91 Å². The van der Waals surface area contributed by atoms with Gasteiger partial charge in [-0.15, -0.1) is 0 Å². The molecule has 1 saturated heterocycles. The van der Waals surface area contributed by atoms with Gasteiger partial charge in [0.2, 0.25) is 5.91 Å². The number of carbonyl (C=O) groups is 1. The largest absolute Gasteiger partial charge is 0.344 e. The van der Waals surface area contributed by atoms with E-state index in [2.05, 4.69) is 10.2 Å². The highest BCUT2D eigenvalue weighted by atomic mass is 16.2. The smallest absolute Gasteiger partial charge is 0.239 e. The van der Waals surface area contributed by atoms with Crippen molar-refractivity contribution in [3.8, 4) is 0 Å². The second-order valence-corrected chi connectivity index (χ2v) is 8.26. The highest BCUT2D eigenvalue weighted by Gasteiger charge is 2.51. The molecule has 1 N–H and O–H groups in total. The zero-order valence-corrected chi connectivity index (χ0v) is 12.7. The third-order valence-corrected chi connectivity index (χ3v) is 6.47. The molecular weight excluding hydrogens is 248 g/mol. The molecule has 5 fully saturated rings. The Balaban J connectivity index is 1.44. The van der Waals surface area contributed by atoms with Crippen LogP contribution in [0.3, 0.4) is 0 Å². The minimum absolute atomic E-state index is 0.105. The minimum Gasteiger partial charge on any atom is -0.344 e. The lowest BCUT2D eigenvalue weighted by Gasteiger charge is -2.57. The number of nitrogens with one attached hydrogen (secondary N) is 1. The molecule has 20 heavy (non-hydrogen) atoms. The summed E-state index contributed by atoms with van der Waals surface area (Å²) in [6, 6.07) is 0.105. The monoisotopic (exact) mass is 276 g/mol. The van der Waals surface area contributed by atoms with Gasteiger partial charge in [0.1, 0.15) is 0 Å². The molecule has 4 aliphatic carbocycles. The molecule has 0 aromatic rings. The van der Waals surface area contributed by atoms with E-state index in [1.165, 1.54) is 38.5 Å². The van der Waals surface area contributed by atoms with Crippen LogP contribution in [0.2, 0.25) is 0 Å². The molecule has 0 aromatic carbocycles. The predicted molar refractivity (Wildman–Crippen MR) is 79.3 cm³/mol. The first kappa shape index (κ1) is 13.1. The Kier molecular flexibility index (Phi) is 3.10. The Bertz CT molecular complexity index is 365. The van der Waals surface area contributed by atoms with Crippen LogP contribution in [0, 0.1) is 23.2 Å². The van der Waals surface area contributed by atoms with Crippen LogP contribution < -0.4 is 5.32 Å². The number of nitrogens with zero attached hydrogens (tertiary/aromatic N) is 1. The van der Waals surface area contributed by atoms with E-state index in [4.69, 9.17) is 0 Å². The Morgan fingerprint density at radius 2 is 1.75 bits per heavy atom. The van der Waals surface area contributed by atoms with Crippen molar-refractivity contribution in [2.45, 2.75) is 57.4 Å². The van der Waals surface area contributed by atoms with Gasteiger partial charge < -0.3 is 10.2 Å². The van der Waals surface area contributed by atoms with Crippen LogP contribution in [0.25, 0.3) is 0 Å². The molecule has 5 aliphatic rings.